The van der Waals surface area contributed by atoms with Gasteiger partial charge in [-0.2, -0.15) is 0 Å². The molecule has 0 N–H and O–H groups in total. The van der Waals surface area contributed by atoms with Crippen LogP contribution in [0, 0.1) is 0 Å². The Kier molecular flexibility index (Phi) is 3.51. The van der Waals surface area contributed by atoms with Gasteiger partial charge in [-0.1, -0.05) is 52.0 Å². The Labute approximate surface area is 110 Å². The molecule has 2 rings (SSSR count). The average molecular weight is 239 g/mol. The van der Waals surface area contributed by atoms with E-state index in [-0.39, 0.29) is 5.41 Å². The molecule has 0 saturated carbocycles. The average Bonchev–Trinajstić information content (AvgIpc) is 2.38. The molecule has 1 heterocycles. The highest BCUT2D eigenvalue weighted by Crippen LogP contribution is 2.25. The molecule has 1 aromatic heterocycles. The molecule has 18 heavy (non-hydrogen) atoms. The third kappa shape index (κ3) is 2.79. The van der Waals surface area contributed by atoms with Gasteiger partial charge in [-0.05, 0) is 35.1 Å². The summed E-state index contributed by atoms with van der Waals surface area (Å²) in [5.74, 6) is 0. The maximum Gasteiger partial charge on any atom is 0.0704 e. The van der Waals surface area contributed by atoms with E-state index < -0.39 is 0 Å². The zero-order valence-electron chi connectivity index (χ0n) is 11.7. The molecule has 0 radical (unpaired) electrons. The quantitative estimate of drug-likeness (QED) is 0.746. The van der Waals surface area contributed by atoms with E-state index in [2.05, 4.69) is 69.1 Å². The highest BCUT2D eigenvalue weighted by molar-refractivity contribution is 5.60. The van der Waals surface area contributed by atoms with Crippen LogP contribution in [0.5, 0.6) is 0 Å². The van der Waals surface area contributed by atoms with E-state index in [9.17, 15) is 0 Å². The van der Waals surface area contributed by atoms with Gasteiger partial charge in [0.05, 0.1) is 5.69 Å². The number of nitrogens with zero attached hydrogens (tertiary/aromatic N) is 1. The van der Waals surface area contributed by atoms with Crippen LogP contribution in [0.2, 0.25) is 0 Å². The number of aromatic nitrogens is 1. The van der Waals surface area contributed by atoms with E-state index in [1.807, 2.05) is 6.20 Å². The first-order chi connectivity index (χ1) is 8.50. The van der Waals surface area contributed by atoms with Crippen molar-refractivity contribution >= 4 is 0 Å². The van der Waals surface area contributed by atoms with Crippen molar-refractivity contribution in [2.45, 2.75) is 39.5 Å². The summed E-state index contributed by atoms with van der Waals surface area (Å²) in [6.45, 7) is 8.87. The highest BCUT2D eigenvalue weighted by Gasteiger charge is 2.13. The molecule has 0 amide bonds. The van der Waals surface area contributed by atoms with Gasteiger partial charge >= 0.3 is 0 Å². The van der Waals surface area contributed by atoms with Crippen LogP contribution in [-0.4, -0.2) is 4.98 Å². The molecule has 1 nitrogen and oxygen atoms in total. The van der Waals surface area contributed by atoms with Crippen molar-refractivity contribution in [3.05, 3.63) is 53.7 Å². The van der Waals surface area contributed by atoms with Gasteiger partial charge in [-0.3, -0.25) is 4.98 Å². The smallest absolute Gasteiger partial charge is 0.0704 e. The van der Waals surface area contributed by atoms with Crippen molar-refractivity contribution in [2.24, 2.45) is 0 Å². The fourth-order valence-corrected chi connectivity index (χ4v) is 1.99. The second-order valence-corrected chi connectivity index (χ2v) is 5.73. The van der Waals surface area contributed by atoms with E-state index in [1.165, 1.54) is 16.7 Å². The first-order valence-corrected chi connectivity index (χ1v) is 6.56. The first-order valence-electron chi connectivity index (χ1n) is 6.56. The van der Waals surface area contributed by atoms with Crippen LogP contribution in [0.3, 0.4) is 0 Å². The van der Waals surface area contributed by atoms with Crippen LogP contribution in [0.15, 0.2) is 42.6 Å². The summed E-state index contributed by atoms with van der Waals surface area (Å²) in [6.07, 6.45) is 2.95. The fourth-order valence-electron chi connectivity index (χ4n) is 1.99. The van der Waals surface area contributed by atoms with E-state index >= 15 is 0 Å². The van der Waals surface area contributed by atoms with Crippen LogP contribution >= 0.6 is 0 Å². The summed E-state index contributed by atoms with van der Waals surface area (Å²) in [7, 11) is 0. The van der Waals surface area contributed by atoms with Gasteiger partial charge in [0, 0.05) is 11.8 Å². The Morgan fingerprint density at radius 2 is 1.67 bits per heavy atom. The van der Waals surface area contributed by atoms with Crippen molar-refractivity contribution in [3.63, 3.8) is 0 Å². The van der Waals surface area contributed by atoms with Crippen LogP contribution < -0.4 is 0 Å². The molecule has 0 aliphatic rings. The van der Waals surface area contributed by atoms with Crippen molar-refractivity contribution < 1.29 is 0 Å². The summed E-state index contributed by atoms with van der Waals surface area (Å²) >= 11 is 0. The predicted octanol–water partition coefficient (Wildman–Crippen LogP) is 4.61. The van der Waals surface area contributed by atoms with E-state index in [1.54, 1.807) is 0 Å². The molecule has 0 saturated heterocycles. The number of rotatable bonds is 2. The van der Waals surface area contributed by atoms with Gasteiger partial charge in [0.2, 0.25) is 0 Å². The number of benzene rings is 1. The van der Waals surface area contributed by atoms with Gasteiger partial charge in [0.25, 0.3) is 0 Å². The Hall–Kier alpha value is -1.63. The lowest BCUT2D eigenvalue weighted by Crippen LogP contribution is -2.10. The standard InChI is InChI=1S/C17H21N/c1-5-13-10-11-18-16(12-13)14-6-8-15(9-7-14)17(2,3)4/h6-12H,5H2,1-4H3. The molecule has 0 unspecified atom stereocenters. The normalized spacial score (nSPS) is 11.6. The summed E-state index contributed by atoms with van der Waals surface area (Å²) in [4.78, 5) is 4.45. The van der Waals surface area contributed by atoms with Crippen LogP contribution in [0.25, 0.3) is 11.3 Å². The molecular weight excluding hydrogens is 218 g/mol. The SMILES string of the molecule is CCc1ccnc(-c2ccc(C(C)(C)C)cc2)c1. The van der Waals surface area contributed by atoms with Crippen molar-refractivity contribution in [1.29, 1.82) is 0 Å². The van der Waals surface area contributed by atoms with Gasteiger partial charge in [-0.15, -0.1) is 0 Å². The topological polar surface area (TPSA) is 12.9 Å². The number of pyridine rings is 1. The Morgan fingerprint density at radius 1 is 1.00 bits per heavy atom. The fraction of sp³-hybridized carbons (Fsp3) is 0.353. The van der Waals surface area contributed by atoms with Crippen LogP contribution in [-0.2, 0) is 11.8 Å². The minimum absolute atomic E-state index is 0.206. The predicted molar refractivity (Wildman–Crippen MR) is 77.8 cm³/mol. The number of hydrogen-bond donors (Lipinski definition) is 0. The Balaban J connectivity index is 2.34. The molecule has 0 atom stereocenters. The molecule has 1 aromatic carbocycles. The second kappa shape index (κ2) is 4.93. The van der Waals surface area contributed by atoms with Crippen molar-refractivity contribution in [1.82, 2.24) is 4.98 Å². The largest absolute Gasteiger partial charge is 0.256 e. The summed E-state index contributed by atoms with van der Waals surface area (Å²) in [6, 6.07) is 13.0. The third-order valence-corrected chi connectivity index (χ3v) is 3.28. The van der Waals surface area contributed by atoms with Crippen LogP contribution in [0.1, 0.15) is 38.8 Å². The molecule has 0 aliphatic carbocycles. The van der Waals surface area contributed by atoms with Crippen molar-refractivity contribution in [2.75, 3.05) is 0 Å². The molecule has 94 valence electrons. The molecule has 0 spiro atoms. The minimum atomic E-state index is 0.206. The van der Waals surface area contributed by atoms with Crippen LogP contribution in [0.4, 0.5) is 0 Å². The molecule has 1 heteroatoms. The lowest BCUT2D eigenvalue weighted by Gasteiger charge is -2.19. The maximum atomic E-state index is 4.45. The Bertz CT molecular complexity index is 518. The zero-order chi connectivity index (χ0) is 13.2. The molecule has 0 bridgehead atoms. The van der Waals surface area contributed by atoms with E-state index in [4.69, 9.17) is 0 Å². The molecular formula is C17H21N. The molecule has 2 aromatic rings. The second-order valence-electron chi connectivity index (χ2n) is 5.73. The van der Waals surface area contributed by atoms with E-state index in [0.29, 0.717) is 0 Å². The van der Waals surface area contributed by atoms with Gasteiger partial charge < -0.3 is 0 Å². The number of aryl methyl sites for hydroxylation is 1. The van der Waals surface area contributed by atoms with E-state index in [0.717, 1.165) is 12.1 Å². The zero-order valence-corrected chi connectivity index (χ0v) is 11.7. The summed E-state index contributed by atoms with van der Waals surface area (Å²) in [5.41, 5.74) is 5.16. The number of hydrogen-bond acceptors (Lipinski definition) is 1. The maximum absolute atomic E-state index is 4.45. The lowest BCUT2D eigenvalue weighted by atomic mass is 9.86. The monoisotopic (exact) mass is 239 g/mol. The summed E-state index contributed by atoms with van der Waals surface area (Å²) in [5, 5.41) is 0. The molecule has 0 aliphatic heterocycles. The summed E-state index contributed by atoms with van der Waals surface area (Å²) < 4.78 is 0. The first kappa shape index (κ1) is 12.8. The van der Waals surface area contributed by atoms with Gasteiger partial charge in [0.15, 0.2) is 0 Å². The Morgan fingerprint density at radius 3 is 2.22 bits per heavy atom. The third-order valence-electron chi connectivity index (χ3n) is 3.28. The van der Waals surface area contributed by atoms with Gasteiger partial charge in [0.1, 0.15) is 0 Å². The minimum Gasteiger partial charge on any atom is -0.256 e. The highest BCUT2D eigenvalue weighted by atomic mass is 14.7. The van der Waals surface area contributed by atoms with Gasteiger partial charge in [-0.25, -0.2) is 0 Å². The molecule has 0 fully saturated rings. The lowest BCUT2D eigenvalue weighted by molar-refractivity contribution is 0.590. The van der Waals surface area contributed by atoms with Crippen molar-refractivity contribution in [3.8, 4) is 11.3 Å².